The van der Waals surface area contributed by atoms with E-state index in [4.69, 9.17) is 5.73 Å². The summed E-state index contributed by atoms with van der Waals surface area (Å²) in [6.45, 7) is 6.13. The molecule has 0 fully saturated rings. The van der Waals surface area contributed by atoms with Gasteiger partial charge in [-0.3, -0.25) is 0 Å². The van der Waals surface area contributed by atoms with Crippen LogP contribution in [0.1, 0.15) is 25.8 Å². The molecule has 1 atom stereocenters. The summed E-state index contributed by atoms with van der Waals surface area (Å²) >= 11 is 0. The zero-order valence-electron chi connectivity index (χ0n) is 11.1. The van der Waals surface area contributed by atoms with Crippen LogP contribution in [0, 0.1) is 5.92 Å². The fourth-order valence-corrected chi connectivity index (χ4v) is 1.75. The molecular formula is C14H24N2O. The van der Waals surface area contributed by atoms with Crippen molar-refractivity contribution >= 4 is 0 Å². The first kappa shape index (κ1) is 14.0. The summed E-state index contributed by atoms with van der Waals surface area (Å²) in [6.07, 6.45) is 1.01. The molecule has 0 bridgehead atoms. The van der Waals surface area contributed by atoms with E-state index in [0.717, 1.165) is 25.1 Å². The lowest BCUT2D eigenvalue weighted by Crippen LogP contribution is -2.31. The van der Waals surface area contributed by atoms with E-state index in [1.54, 1.807) is 12.1 Å². The summed E-state index contributed by atoms with van der Waals surface area (Å²) in [5, 5.41) is 9.38. The number of hydrogen-bond acceptors (Lipinski definition) is 3. The molecule has 96 valence electrons. The van der Waals surface area contributed by atoms with Gasteiger partial charge in [0.2, 0.25) is 0 Å². The van der Waals surface area contributed by atoms with Crippen LogP contribution in [0.3, 0.4) is 0 Å². The van der Waals surface area contributed by atoms with E-state index in [0.29, 0.717) is 11.7 Å². The second kappa shape index (κ2) is 6.62. The Morgan fingerprint density at radius 3 is 2.65 bits per heavy atom. The predicted molar refractivity (Wildman–Crippen MR) is 71.9 cm³/mol. The maximum Gasteiger partial charge on any atom is 0.115 e. The van der Waals surface area contributed by atoms with Crippen LogP contribution >= 0.6 is 0 Å². The van der Waals surface area contributed by atoms with E-state index in [2.05, 4.69) is 25.8 Å². The zero-order valence-corrected chi connectivity index (χ0v) is 11.1. The van der Waals surface area contributed by atoms with Crippen LogP contribution in [0.15, 0.2) is 24.3 Å². The molecule has 0 radical (unpaired) electrons. The van der Waals surface area contributed by atoms with Gasteiger partial charge < -0.3 is 15.7 Å². The normalized spacial score (nSPS) is 13.3. The van der Waals surface area contributed by atoms with Gasteiger partial charge in [0.1, 0.15) is 5.75 Å². The van der Waals surface area contributed by atoms with Crippen molar-refractivity contribution in [1.29, 1.82) is 0 Å². The Kier molecular flexibility index (Phi) is 5.45. The standard InChI is InChI=1S/C14H24N2O/c1-11(2)14(15)7-8-16(3)10-12-5-4-6-13(17)9-12/h4-6,9,11,14,17H,7-8,10,15H2,1-3H3. The Morgan fingerprint density at radius 2 is 2.06 bits per heavy atom. The lowest BCUT2D eigenvalue weighted by molar-refractivity contribution is 0.296. The molecule has 3 heteroatoms. The van der Waals surface area contributed by atoms with Gasteiger partial charge in [0, 0.05) is 12.6 Å². The number of rotatable bonds is 6. The quantitative estimate of drug-likeness (QED) is 0.796. The Balaban J connectivity index is 2.37. The van der Waals surface area contributed by atoms with Crippen LogP contribution < -0.4 is 5.73 Å². The minimum absolute atomic E-state index is 0.265. The Morgan fingerprint density at radius 1 is 1.35 bits per heavy atom. The molecule has 0 aliphatic rings. The molecule has 0 aromatic heterocycles. The first-order valence-electron chi connectivity index (χ1n) is 6.21. The molecule has 1 aromatic rings. The largest absolute Gasteiger partial charge is 0.508 e. The fraction of sp³-hybridized carbons (Fsp3) is 0.571. The first-order chi connectivity index (χ1) is 7.99. The van der Waals surface area contributed by atoms with Gasteiger partial charge in [-0.25, -0.2) is 0 Å². The van der Waals surface area contributed by atoms with Gasteiger partial charge in [-0.2, -0.15) is 0 Å². The van der Waals surface area contributed by atoms with Crippen molar-refractivity contribution in [3.05, 3.63) is 29.8 Å². The van der Waals surface area contributed by atoms with Gasteiger partial charge in [-0.1, -0.05) is 26.0 Å². The fourth-order valence-electron chi connectivity index (χ4n) is 1.75. The number of phenols is 1. The van der Waals surface area contributed by atoms with Crippen molar-refractivity contribution in [1.82, 2.24) is 4.90 Å². The van der Waals surface area contributed by atoms with E-state index in [-0.39, 0.29) is 6.04 Å². The maximum atomic E-state index is 9.38. The molecule has 0 amide bonds. The third-order valence-corrected chi connectivity index (χ3v) is 3.06. The molecule has 0 saturated heterocycles. The highest BCUT2D eigenvalue weighted by atomic mass is 16.3. The number of benzene rings is 1. The highest BCUT2D eigenvalue weighted by Crippen LogP contribution is 2.13. The highest BCUT2D eigenvalue weighted by Gasteiger charge is 2.09. The van der Waals surface area contributed by atoms with Crippen molar-refractivity contribution in [2.24, 2.45) is 11.7 Å². The predicted octanol–water partition coefficient (Wildman–Crippen LogP) is 2.20. The first-order valence-corrected chi connectivity index (χ1v) is 6.21. The average molecular weight is 236 g/mol. The molecule has 0 heterocycles. The van der Waals surface area contributed by atoms with E-state index >= 15 is 0 Å². The van der Waals surface area contributed by atoms with Crippen LogP contribution in [0.5, 0.6) is 5.75 Å². The van der Waals surface area contributed by atoms with Gasteiger partial charge in [0.05, 0.1) is 0 Å². The minimum atomic E-state index is 0.265. The summed E-state index contributed by atoms with van der Waals surface area (Å²) in [7, 11) is 2.08. The van der Waals surface area contributed by atoms with E-state index in [9.17, 15) is 5.11 Å². The molecule has 0 aliphatic carbocycles. The van der Waals surface area contributed by atoms with Gasteiger partial charge >= 0.3 is 0 Å². The second-order valence-electron chi connectivity index (χ2n) is 5.10. The summed E-state index contributed by atoms with van der Waals surface area (Å²) in [5.74, 6) is 0.860. The molecule has 1 unspecified atom stereocenters. The Hall–Kier alpha value is -1.06. The summed E-state index contributed by atoms with van der Waals surface area (Å²) in [5.41, 5.74) is 7.15. The van der Waals surface area contributed by atoms with Crippen LogP contribution in [0.25, 0.3) is 0 Å². The molecule has 17 heavy (non-hydrogen) atoms. The monoisotopic (exact) mass is 236 g/mol. The molecule has 0 aliphatic heterocycles. The number of nitrogens with two attached hydrogens (primary N) is 1. The lowest BCUT2D eigenvalue weighted by atomic mass is 10.0. The van der Waals surface area contributed by atoms with Crippen molar-refractivity contribution in [3.63, 3.8) is 0 Å². The molecule has 0 saturated carbocycles. The maximum absolute atomic E-state index is 9.38. The van der Waals surface area contributed by atoms with E-state index < -0.39 is 0 Å². The molecule has 0 spiro atoms. The van der Waals surface area contributed by atoms with Crippen molar-refractivity contribution in [2.75, 3.05) is 13.6 Å². The van der Waals surface area contributed by atoms with Crippen molar-refractivity contribution in [3.8, 4) is 5.75 Å². The van der Waals surface area contributed by atoms with Crippen LogP contribution in [0.4, 0.5) is 0 Å². The number of nitrogens with zero attached hydrogens (tertiary/aromatic N) is 1. The topological polar surface area (TPSA) is 49.5 Å². The minimum Gasteiger partial charge on any atom is -0.508 e. The molecular weight excluding hydrogens is 212 g/mol. The average Bonchev–Trinajstić information content (AvgIpc) is 2.25. The SMILES string of the molecule is CC(C)C(N)CCN(C)Cc1cccc(O)c1. The lowest BCUT2D eigenvalue weighted by Gasteiger charge is -2.21. The van der Waals surface area contributed by atoms with Gasteiger partial charge in [-0.05, 0) is 43.6 Å². The third-order valence-electron chi connectivity index (χ3n) is 3.06. The van der Waals surface area contributed by atoms with Crippen LogP contribution in [-0.4, -0.2) is 29.6 Å². The molecule has 3 nitrogen and oxygen atoms in total. The van der Waals surface area contributed by atoms with Gasteiger partial charge in [0.15, 0.2) is 0 Å². The molecule has 1 rings (SSSR count). The Labute approximate surface area is 104 Å². The van der Waals surface area contributed by atoms with Gasteiger partial charge in [0.25, 0.3) is 0 Å². The zero-order chi connectivity index (χ0) is 12.8. The van der Waals surface area contributed by atoms with Crippen LogP contribution in [0.2, 0.25) is 0 Å². The summed E-state index contributed by atoms with van der Waals surface area (Å²) in [4.78, 5) is 2.23. The molecule has 3 N–H and O–H groups in total. The highest BCUT2D eigenvalue weighted by molar-refractivity contribution is 5.26. The molecule has 1 aromatic carbocycles. The Bertz CT molecular complexity index is 339. The van der Waals surface area contributed by atoms with E-state index in [1.807, 2.05) is 12.1 Å². The van der Waals surface area contributed by atoms with Gasteiger partial charge in [-0.15, -0.1) is 0 Å². The second-order valence-corrected chi connectivity index (χ2v) is 5.10. The van der Waals surface area contributed by atoms with Crippen molar-refractivity contribution < 1.29 is 5.11 Å². The summed E-state index contributed by atoms with van der Waals surface area (Å²) in [6, 6.07) is 7.66. The summed E-state index contributed by atoms with van der Waals surface area (Å²) < 4.78 is 0. The smallest absolute Gasteiger partial charge is 0.115 e. The van der Waals surface area contributed by atoms with Crippen LogP contribution in [-0.2, 0) is 6.54 Å². The number of phenolic OH excluding ortho intramolecular Hbond substituents is 1. The van der Waals surface area contributed by atoms with E-state index in [1.165, 1.54) is 0 Å². The third kappa shape index (κ3) is 5.20. The van der Waals surface area contributed by atoms with Crippen molar-refractivity contribution in [2.45, 2.75) is 32.9 Å². The number of hydrogen-bond donors (Lipinski definition) is 2. The number of aromatic hydroxyl groups is 1.